The molecule has 0 saturated carbocycles. The summed E-state index contributed by atoms with van der Waals surface area (Å²) in [6.07, 6.45) is 1.78. The van der Waals surface area contributed by atoms with Gasteiger partial charge in [-0.25, -0.2) is 13.6 Å². The molecule has 0 atom stereocenters. The van der Waals surface area contributed by atoms with Gasteiger partial charge in [0.15, 0.2) is 0 Å². The maximum Gasteiger partial charge on any atom is 0.269 e. The van der Waals surface area contributed by atoms with Crippen LogP contribution in [0.2, 0.25) is 0 Å². The van der Waals surface area contributed by atoms with Crippen molar-refractivity contribution in [3.05, 3.63) is 76.0 Å². The maximum atomic E-state index is 12.1. The van der Waals surface area contributed by atoms with Crippen LogP contribution in [0.5, 0.6) is 0 Å². The topological polar surface area (TPSA) is 168 Å². The first kappa shape index (κ1) is 21.5. The number of amides is 1. The van der Waals surface area contributed by atoms with Crippen molar-refractivity contribution in [2.24, 2.45) is 5.14 Å². The van der Waals surface area contributed by atoms with E-state index in [1.165, 1.54) is 42.6 Å². The van der Waals surface area contributed by atoms with Gasteiger partial charge in [0.2, 0.25) is 10.0 Å². The average Bonchev–Trinajstić information content (AvgIpc) is 2.68. The van der Waals surface area contributed by atoms with Crippen molar-refractivity contribution in [2.75, 3.05) is 11.9 Å². The van der Waals surface area contributed by atoms with E-state index in [0.29, 0.717) is 18.7 Å². The molecule has 2 rings (SSSR count). The first-order valence-electron chi connectivity index (χ1n) is 8.22. The lowest BCUT2D eigenvalue weighted by Gasteiger charge is -2.06. The van der Waals surface area contributed by atoms with Gasteiger partial charge >= 0.3 is 0 Å². The van der Waals surface area contributed by atoms with E-state index in [1.54, 1.807) is 18.2 Å². The van der Waals surface area contributed by atoms with Crippen molar-refractivity contribution < 1.29 is 18.1 Å². The molecule has 10 nitrogen and oxygen atoms in total. The number of nitro benzene ring substituents is 1. The van der Waals surface area contributed by atoms with Gasteiger partial charge in [-0.05, 0) is 36.2 Å². The molecule has 0 heterocycles. The molecule has 0 unspecified atom stereocenters. The third kappa shape index (κ3) is 6.42. The fraction of sp³-hybridized carbons (Fsp3) is 0.111. The number of anilines is 1. The number of primary sulfonamides is 1. The van der Waals surface area contributed by atoms with Crippen LogP contribution in [0.3, 0.4) is 0 Å². The number of carbonyl (C=O) groups is 1. The predicted octanol–water partition coefficient (Wildman–Crippen LogP) is 1.42. The number of nitrogens with one attached hydrogen (secondary N) is 2. The van der Waals surface area contributed by atoms with Gasteiger partial charge in [-0.2, -0.15) is 5.26 Å². The molecule has 29 heavy (non-hydrogen) atoms. The van der Waals surface area contributed by atoms with Gasteiger partial charge in [0, 0.05) is 30.6 Å². The molecule has 0 bridgehead atoms. The normalized spacial score (nSPS) is 11.4. The molecule has 0 aromatic heterocycles. The molecule has 0 saturated heterocycles. The molecule has 4 N–H and O–H groups in total. The van der Waals surface area contributed by atoms with Gasteiger partial charge in [-0.3, -0.25) is 14.9 Å². The van der Waals surface area contributed by atoms with Gasteiger partial charge in [0.1, 0.15) is 11.6 Å². The Hall–Kier alpha value is -3.75. The second-order valence-corrected chi connectivity index (χ2v) is 7.38. The number of carbonyl (C=O) groups excluding carboxylic acids is 1. The van der Waals surface area contributed by atoms with E-state index in [4.69, 9.17) is 10.4 Å². The van der Waals surface area contributed by atoms with Crippen molar-refractivity contribution in [2.45, 2.75) is 11.3 Å². The summed E-state index contributed by atoms with van der Waals surface area (Å²) in [6, 6.07) is 13.0. The smallest absolute Gasteiger partial charge is 0.269 e. The summed E-state index contributed by atoms with van der Waals surface area (Å²) in [6.45, 7) is 0.394. The third-order valence-corrected chi connectivity index (χ3v) is 4.69. The fourth-order valence-electron chi connectivity index (χ4n) is 2.25. The Morgan fingerprint density at radius 3 is 2.31 bits per heavy atom. The summed E-state index contributed by atoms with van der Waals surface area (Å²) < 4.78 is 22.4. The Balaban J connectivity index is 1.90. The van der Waals surface area contributed by atoms with Crippen LogP contribution in [0.25, 0.3) is 0 Å². The molecule has 0 spiro atoms. The molecular formula is C18H17N5O5S. The molecule has 0 aliphatic heterocycles. The van der Waals surface area contributed by atoms with Crippen LogP contribution in [-0.4, -0.2) is 25.8 Å². The number of benzene rings is 2. The monoisotopic (exact) mass is 415 g/mol. The van der Waals surface area contributed by atoms with Crippen LogP contribution in [0.4, 0.5) is 11.4 Å². The molecule has 2 aromatic rings. The van der Waals surface area contributed by atoms with Crippen LogP contribution in [0, 0.1) is 21.4 Å². The van der Waals surface area contributed by atoms with Crippen molar-refractivity contribution >= 4 is 27.3 Å². The molecule has 1 amide bonds. The van der Waals surface area contributed by atoms with E-state index >= 15 is 0 Å². The Morgan fingerprint density at radius 2 is 1.79 bits per heavy atom. The summed E-state index contributed by atoms with van der Waals surface area (Å²) in [5.74, 6) is -0.661. The van der Waals surface area contributed by atoms with Gasteiger partial charge < -0.3 is 10.6 Å². The van der Waals surface area contributed by atoms with Crippen LogP contribution in [-0.2, 0) is 21.2 Å². The highest BCUT2D eigenvalue weighted by molar-refractivity contribution is 7.89. The largest absolute Gasteiger partial charge is 0.389 e. The fourth-order valence-corrected chi connectivity index (χ4v) is 2.77. The molecule has 2 aromatic carbocycles. The molecule has 0 radical (unpaired) electrons. The van der Waals surface area contributed by atoms with Gasteiger partial charge in [0.05, 0.1) is 9.82 Å². The maximum absolute atomic E-state index is 12.1. The Labute approximate surface area is 166 Å². The summed E-state index contributed by atoms with van der Waals surface area (Å²) in [4.78, 5) is 22.2. The number of nitriles is 1. The number of nitrogens with two attached hydrogens (primary N) is 1. The highest BCUT2D eigenvalue weighted by Crippen LogP contribution is 2.16. The van der Waals surface area contributed by atoms with Gasteiger partial charge in [0.25, 0.3) is 11.6 Å². The highest BCUT2D eigenvalue weighted by Gasteiger charge is 2.11. The Kier molecular flexibility index (Phi) is 7.02. The number of hydrogen-bond donors (Lipinski definition) is 3. The van der Waals surface area contributed by atoms with E-state index in [9.17, 15) is 23.3 Å². The van der Waals surface area contributed by atoms with E-state index < -0.39 is 20.9 Å². The van der Waals surface area contributed by atoms with Crippen LogP contribution >= 0.6 is 0 Å². The SMILES string of the molecule is N#C/C(=C/NCCc1ccc(S(N)(=O)=O)cc1)C(=O)Nc1ccc([N+](=O)[O-])cc1. The first-order valence-corrected chi connectivity index (χ1v) is 9.76. The second kappa shape index (κ2) is 9.45. The predicted molar refractivity (Wildman–Crippen MR) is 105 cm³/mol. The highest BCUT2D eigenvalue weighted by atomic mass is 32.2. The van der Waals surface area contributed by atoms with Crippen molar-refractivity contribution in [3.63, 3.8) is 0 Å². The molecule has 0 aliphatic carbocycles. The number of rotatable bonds is 8. The van der Waals surface area contributed by atoms with E-state index in [1.807, 2.05) is 0 Å². The zero-order valence-corrected chi connectivity index (χ0v) is 15.8. The Morgan fingerprint density at radius 1 is 1.17 bits per heavy atom. The molecule has 0 fully saturated rings. The van der Waals surface area contributed by atoms with Crippen molar-refractivity contribution in [3.8, 4) is 6.07 Å². The third-order valence-electron chi connectivity index (χ3n) is 3.76. The lowest BCUT2D eigenvalue weighted by molar-refractivity contribution is -0.384. The summed E-state index contributed by atoms with van der Waals surface area (Å²) in [7, 11) is -3.74. The lowest BCUT2D eigenvalue weighted by atomic mass is 10.1. The lowest BCUT2D eigenvalue weighted by Crippen LogP contribution is -2.18. The summed E-state index contributed by atoms with van der Waals surface area (Å²) in [5.41, 5.74) is 0.870. The molecule has 0 aliphatic rings. The van der Waals surface area contributed by atoms with E-state index in [0.717, 1.165) is 5.56 Å². The minimum atomic E-state index is -3.74. The van der Waals surface area contributed by atoms with E-state index in [2.05, 4.69) is 10.6 Å². The van der Waals surface area contributed by atoms with Crippen molar-refractivity contribution in [1.29, 1.82) is 5.26 Å². The van der Waals surface area contributed by atoms with Crippen molar-refractivity contribution in [1.82, 2.24) is 5.32 Å². The number of sulfonamides is 1. The van der Waals surface area contributed by atoms with Crippen LogP contribution in [0.1, 0.15) is 5.56 Å². The Bertz CT molecular complexity index is 1070. The zero-order chi connectivity index (χ0) is 21.4. The molecule has 11 heteroatoms. The number of hydrogen-bond acceptors (Lipinski definition) is 7. The van der Waals surface area contributed by atoms with E-state index in [-0.39, 0.29) is 16.2 Å². The number of non-ortho nitro benzene ring substituents is 1. The minimum absolute atomic E-state index is 0.0174. The van der Waals surface area contributed by atoms with Gasteiger partial charge in [-0.1, -0.05) is 12.1 Å². The standard InChI is InChI=1S/C18H17N5O5S/c19-11-14(18(24)22-15-3-5-16(6-4-15)23(25)26)12-21-10-9-13-1-7-17(8-2-13)29(20,27)28/h1-8,12,21H,9-10H2,(H,22,24)(H2,20,27,28)/b14-12-. The minimum Gasteiger partial charge on any atom is -0.389 e. The quantitative estimate of drug-likeness (QED) is 0.192. The number of nitrogens with zero attached hydrogens (tertiary/aromatic N) is 2. The first-order chi connectivity index (χ1) is 13.7. The molecular weight excluding hydrogens is 398 g/mol. The summed E-state index contributed by atoms with van der Waals surface area (Å²) in [5, 5.41) is 30.1. The van der Waals surface area contributed by atoms with Crippen LogP contribution in [0.15, 0.2) is 65.2 Å². The zero-order valence-electron chi connectivity index (χ0n) is 15.0. The molecule has 150 valence electrons. The van der Waals surface area contributed by atoms with Gasteiger partial charge in [-0.15, -0.1) is 0 Å². The van der Waals surface area contributed by atoms with Crippen LogP contribution < -0.4 is 15.8 Å². The summed E-state index contributed by atoms with van der Waals surface area (Å²) >= 11 is 0. The number of nitro groups is 1. The average molecular weight is 415 g/mol. The second-order valence-electron chi connectivity index (χ2n) is 5.82.